The first-order chi connectivity index (χ1) is 13.5. The molecule has 2 aromatic rings. The highest BCUT2D eigenvalue weighted by Crippen LogP contribution is 2.14. The lowest BCUT2D eigenvalue weighted by Crippen LogP contribution is -2.36. The van der Waals surface area contributed by atoms with Gasteiger partial charge in [-0.25, -0.2) is 4.79 Å². The minimum Gasteiger partial charge on any atom is -0.467 e. The van der Waals surface area contributed by atoms with Crippen molar-refractivity contribution in [2.45, 2.75) is 26.8 Å². The van der Waals surface area contributed by atoms with Crippen molar-refractivity contribution in [1.29, 1.82) is 0 Å². The van der Waals surface area contributed by atoms with Crippen LogP contribution in [0.5, 0.6) is 0 Å². The Bertz CT molecular complexity index is 792. The van der Waals surface area contributed by atoms with Gasteiger partial charge in [-0.3, -0.25) is 4.79 Å². The number of carbonyl (C=O) groups excluding carboxylic acids is 2. The van der Waals surface area contributed by atoms with E-state index < -0.39 is 5.97 Å². The van der Waals surface area contributed by atoms with E-state index in [1.165, 1.54) is 0 Å². The van der Waals surface area contributed by atoms with Gasteiger partial charge in [-0.1, -0.05) is 6.07 Å². The molecule has 0 radical (unpaired) electrons. The zero-order valence-corrected chi connectivity index (χ0v) is 16.8. The molecule has 150 valence electrons. The number of furan rings is 1. The van der Waals surface area contributed by atoms with Crippen LogP contribution in [0.2, 0.25) is 0 Å². The van der Waals surface area contributed by atoms with Crippen molar-refractivity contribution in [3.63, 3.8) is 0 Å². The third kappa shape index (κ3) is 6.70. The molecule has 0 aliphatic heterocycles. The second-order valence-electron chi connectivity index (χ2n) is 5.79. The molecular formula is C20H24N2O5S. The summed E-state index contributed by atoms with van der Waals surface area (Å²) < 4.78 is 15.4. The molecule has 0 saturated carbocycles. The highest BCUT2D eigenvalue weighted by atomic mass is 32.1. The third-order valence-corrected chi connectivity index (χ3v) is 4.09. The number of nitrogens with zero attached hydrogens (tertiary/aromatic N) is 1. The topological polar surface area (TPSA) is 81.0 Å². The van der Waals surface area contributed by atoms with E-state index in [1.54, 1.807) is 50.4 Å². The molecule has 0 aliphatic rings. The van der Waals surface area contributed by atoms with E-state index >= 15 is 0 Å². The predicted molar refractivity (Wildman–Crippen MR) is 109 cm³/mol. The molecule has 0 spiro atoms. The third-order valence-electron chi connectivity index (χ3n) is 3.73. The predicted octanol–water partition coefficient (Wildman–Crippen LogP) is 3.61. The molecule has 28 heavy (non-hydrogen) atoms. The van der Waals surface area contributed by atoms with Crippen LogP contribution >= 0.6 is 12.2 Å². The van der Waals surface area contributed by atoms with E-state index in [0.717, 1.165) is 0 Å². The molecule has 0 saturated heterocycles. The Kier molecular flexibility index (Phi) is 8.48. The zero-order valence-electron chi connectivity index (χ0n) is 16.0. The van der Waals surface area contributed by atoms with Crippen molar-refractivity contribution in [2.24, 2.45) is 0 Å². The lowest BCUT2D eigenvalue weighted by atomic mass is 10.2. The van der Waals surface area contributed by atoms with Crippen molar-refractivity contribution in [3.05, 3.63) is 54.0 Å². The maximum Gasteiger partial charge on any atom is 0.338 e. The number of esters is 2. The summed E-state index contributed by atoms with van der Waals surface area (Å²) in [4.78, 5) is 25.4. The first kappa shape index (κ1) is 21.4. The first-order valence-corrected chi connectivity index (χ1v) is 9.45. The average Bonchev–Trinajstić information content (AvgIpc) is 3.19. The average molecular weight is 404 g/mol. The smallest absolute Gasteiger partial charge is 0.338 e. The van der Waals surface area contributed by atoms with Gasteiger partial charge in [0.05, 0.1) is 38.0 Å². The number of hydrogen-bond acceptors (Lipinski definition) is 6. The number of thiocarbonyl (C=S) groups is 1. The van der Waals surface area contributed by atoms with Crippen LogP contribution in [0.1, 0.15) is 36.4 Å². The largest absolute Gasteiger partial charge is 0.467 e. The second-order valence-corrected chi connectivity index (χ2v) is 6.17. The monoisotopic (exact) mass is 404 g/mol. The Labute approximate surface area is 169 Å². The van der Waals surface area contributed by atoms with Crippen molar-refractivity contribution < 1.29 is 23.5 Å². The molecule has 0 aliphatic carbocycles. The number of nitrogens with one attached hydrogen (secondary N) is 1. The van der Waals surface area contributed by atoms with Crippen molar-refractivity contribution in [2.75, 3.05) is 25.1 Å². The maximum atomic E-state index is 11.9. The summed E-state index contributed by atoms with van der Waals surface area (Å²) >= 11 is 5.51. The summed E-state index contributed by atoms with van der Waals surface area (Å²) in [6.45, 7) is 4.92. The molecule has 8 heteroatoms. The standard InChI is InChI=1S/C20H24N2O5S/c1-3-25-18(23)10-11-22(14-17-9-6-12-27-17)20(28)21-16-8-5-7-15(13-16)19(24)26-4-2/h5-9,12-13H,3-4,10-11,14H2,1-2H3,(H,21,28). The molecule has 0 unspecified atom stereocenters. The van der Waals surface area contributed by atoms with E-state index in [2.05, 4.69) is 5.32 Å². The summed E-state index contributed by atoms with van der Waals surface area (Å²) in [6.07, 6.45) is 1.78. The minimum absolute atomic E-state index is 0.194. The summed E-state index contributed by atoms with van der Waals surface area (Å²) in [7, 11) is 0. The van der Waals surface area contributed by atoms with Gasteiger partial charge in [0.15, 0.2) is 5.11 Å². The molecule has 0 fully saturated rings. The van der Waals surface area contributed by atoms with Crippen LogP contribution in [0.25, 0.3) is 0 Å². The van der Waals surface area contributed by atoms with Gasteiger partial charge in [-0.05, 0) is 56.4 Å². The van der Waals surface area contributed by atoms with Gasteiger partial charge in [-0.15, -0.1) is 0 Å². The number of ether oxygens (including phenoxy) is 2. The Morgan fingerprint density at radius 1 is 1.14 bits per heavy atom. The molecule has 2 rings (SSSR count). The summed E-state index contributed by atoms with van der Waals surface area (Å²) in [5.41, 5.74) is 1.08. The maximum absolute atomic E-state index is 11.9. The van der Waals surface area contributed by atoms with Crippen molar-refractivity contribution in [1.82, 2.24) is 4.90 Å². The minimum atomic E-state index is -0.396. The van der Waals surface area contributed by atoms with Gasteiger partial charge in [0.1, 0.15) is 5.76 Å². The molecule has 1 heterocycles. The highest BCUT2D eigenvalue weighted by Gasteiger charge is 2.15. The molecule has 7 nitrogen and oxygen atoms in total. The molecule has 1 aromatic heterocycles. The first-order valence-electron chi connectivity index (χ1n) is 9.04. The number of anilines is 1. The number of hydrogen-bond donors (Lipinski definition) is 1. The van der Waals surface area contributed by atoms with Gasteiger partial charge in [0, 0.05) is 12.2 Å². The molecule has 1 aromatic carbocycles. The van der Waals surface area contributed by atoms with Gasteiger partial charge in [0.25, 0.3) is 0 Å². The number of benzene rings is 1. The Hall–Kier alpha value is -2.87. The number of carbonyl (C=O) groups is 2. The van der Waals surface area contributed by atoms with Crippen molar-refractivity contribution >= 4 is 35.0 Å². The Balaban J connectivity index is 2.07. The Morgan fingerprint density at radius 2 is 1.93 bits per heavy atom. The molecular weight excluding hydrogens is 380 g/mol. The Morgan fingerprint density at radius 3 is 2.61 bits per heavy atom. The highest BCUT2D eigenvalue weighted by molar-refractivity contribution is 7.80. The van der Waals surface area contributed by atoms with Crippen LogP contribution in [-0.2, 0) is 20.8 Å². The fourth-order valence-corrected chi connectivity index (χ4v) is 2.72. The summed E-state index contributed by atoms with van der Waals surface area (Å²) in [5.74, 6) is 0.0270. The summed E-state index contributed by atoms with van der Waals surface area (Å²) in [6, 6.07) is 10.5. The van der Waals surface area contributed by atoms with Crippen LogP contribution in [-0.4, -0.2) is 41.7 Å². The fourth-order valence-electron chi connectivity index (χ4n) is 2.44. The van der Waals surface area contributed by atoms with Gasteiger partial charge >= 0.3 is 11.9 Å². The zero-order chi connectivity index (χ0) is 20.4. The van der Waals surface area contributed by atoms with Gasteiger partial charge < -0.3 is 24.1 Å². The van der Waals surface area contributed by atoms with Crippen LogP contribution in [0.15, 0.2) is 47.1 Å². The second kappa shape index (κ2) is 11.1. The van der Waals surface area contributed by atoms with E-state index in [1.807, 2.05) is 11.0 Å². The molecule has 0 bridgehead atoms. The van der Waals surface area contributed by atoms with Crippen LogP contribution < -0.4 is 5.32 Å². The van der Waals surface area contributed by atoms with Crippen LogP contribution in [0.4, 0.5) is 5.69 Å². The van der Waals surface area contributed by atoms with Crippen LogP contribution in [0.3, 0.4) is 0 Å². The normalized spacial score (nSPS) is 10.2. The molecule has 0 amide bonds. The van der Waals surface area contributed by atoms with Gasteiger partial charge in [0.2, 0.25) is 0 Å². The molecule has 1 N–H and O–H groups in total. The summed E-state index contributed by atoms with van der Waals surface area (Å²) in [5, 5.41) is 3.51. The van der Waals surface area contributed by atoms with Crippen molar-refractivity contribution in [3.8, 4) is 0 Å². The lowest BCUT2D eigenvalue weighted by Gasteiger charge is -2.25. The van der Waals surface area contributed by atoms with E-state index in [9.17, 15) is 9.59 Å². The number of rotatable bonds is 9. The van der Waals surface area contributed by atoms with E-state index in [4.69, 9.17) is 26.1 Å². The van der Waals surface area contributed by atoms with Gasteiger partial charge in [-0.2, -0.15) is 0 Å². The van der Waals surface area contributed by atoms with E-state index in [-0.39, 0.29) is 12.4 Å². The fraction of sp³-hybridized carbons (Fsp3) is 0.350. The SMILES string of the molecule is CCOC(=O)CCN(Cc1ccco1)C(=S)Nc1cccc(C(=O)OCC)c1. The van der Waals surface area contributed by atoms with E-state index in [0.29, 0.717) is 48.4 Å². The quantitative estimate of drug-likeness (QED) is 0.501. The molecule has 0 atom stereocenters. The lowest BCUT2D eigenvalue weighted by molar-refractivity contribution is -0.143. The van der Waals surface area contributed by atoms with Crippen LogP contribution in [0, 0.1) is 0 Å².